The first-order chi connectivity index (χ1) is 8.16. The van der Waals surface area contributed by atoms with E-state index >= 15 is 0 Å². The lowest BCUT2D eigenvalue weighted by atomic mass is 9.93. The molecule has 0 radical (unpaired) electrons. The summed E-state index contributed by atoms with van der Waals surface area (Å²) < 4.78 is 1.21. The minimum Gasteiger partial charge on any atom is -0.133 e. The fraction of sp³-hybridized carbons (Fsp3) is 0.714. The zero-order valence-corrected chi connectivity index (χ0v) is 13.5. The Kier molecular flexibility index (Phi) is 5.38. The zero-order chi connectivity index (χ0) is 12.3. The van der Waals surface area contributed by atoms with Crippen molar-refractivity contribution < 1.29 is 0 Å². The molecule has 1 aliphatic carbocycles. The molecule has 0 bridgehead atoms. The molecule has 96 valence electrons. The van der Waals surface area contributed by atoms with Gasteiger partial charge in [-0.25, -0.2) is 0 Å². The van der Waals surface area contributed by atoms with Crippen molar-refractivity contribution in [3.05, 3.63) is 20.3 Å². The highest BCUT2D eigenvalue weighted by atomic mass is 79.9. The maximum atomic E-state index is 6.60. The van der Waals surface area contributed by atoms with Crippen molar-refractivity contribution in [3.63, 3.8) is 0 Å². The van der Waals surface area contributed by atoms with Crippen LogP contribution < -0.4 is 0 Å². The van der Waals surface area contributed by atoms with Crippen molar-refractivity contribution >= 4 is 38.9 Å². The Morgan fingerprint density at radius 2 is 2.00 bits per heavy atom. The summed E-state index contributed by atoms with van der Waals surface area (Å²) in [6, 6.07) is 2.20. The average molecular weight is 336 g/mol. The van der Waals surface area contributed by atoms with Crippen molar-refractivity contribution in [2.24, 2.45) is 5.92 Å². The molecule has 1 fully saturated rings. The smallest absolute Gasteiger partial charge is 0.0704 e. The first-order valence-corrected chi connectivity index (χ1v) is 8.61. The van der Waals surface area contributed by atoms with Gasteiger partial charge < -0.3 is 0 Å². The van der Waals surface area contributed by atoms with E-state index in [9.17, 15) is 0 Å². The number of halogens is 2. The maximum Gasteiger partial charge on any atom is 0.0704 e. The van der Waals surface area contributed by atoms with E-state index in [0.717, 1.165) is 12.3 Å². The molecule has 1 heterocycles. The minimum absolute atomic E-state index is 0.209. The second kappa shape index (κ2) is 6.58. The van der Waals surface area contributed by atoms with E-state index in [1.807, 2.05) is 0 Å². The van der Waals surface area contributed by atoms with E-state index < -0.39 is 0 Å². The minimum atomic E-state index is 0.209. The number of aryl methyl sites for hydroxylation is 1. The predicted octanol–water partition coefficient (Wildman–Crippen LogP) is 6.46. The second-order valence-electron chi connectivity index (χ2n) is 5.12. The summed E-state index contributed by atoms with van der Waals surface area (Å²) in [7, 11) is 0. The van der Waals surface area contributed by atoms with Crippen LogP contribution in [0.2, 0.25) is 0 Å². The van der Waals surface area contributed by atoms with Crippen LogP contribution in [-0.4, -0.2) is 0 Å². The molecule has 1 aromatic rings. The van der Waals surface area contributed by atoms with Gasteiger partial charge in [0.15, 0.2) is 0 Å². The molecule has 17 heavy (non-hydrogen) atoms. The van der Waals surface area contributed by atoms with E-state index in [1.54, 1.807) is 11.3 Å². The summed E-state index contributed by atoms with van der Waals surface area (Å²) in [6.07, 6.45) is 9.58. The summed E-state index contributed by atoms with van der Waals surface area (Å²) in [5.41, 5.74) is 1.34. The molecule has 3 heteroatoms. The van der Waals surface area contributed by atoms with Gasteiger partial charge in [-0.2, -0.15) is 0 Å². The molecule has 2 rings (SSSR count). The van der Waals surface area contributed by atoms with Crippen LogP contribution in [-0.2, 0) is 0 Å². The van der Waals surface area contributed by atoms with Gasteiger partial charge in [-0.05, 0) is 46.8 Å². The monoisotopic (exact) mass is 334 g/mol. The van der Waals surface area contributed by atoms with Gasteiger partial charge in [0.05, 0.1) is 9.16 Å². The summed E-state index contributed by atoms with van der Waals surface area (Å²) in [5, 5.41) is 0.209. The largest absolute Gasteiger partial charge is 0.133 e. The van der Waals surface area contributed by atoms with E-state index in [0.29, 0.717) is 0 Å². The van der Waals surface area contributed by atoms with Gasteiger partial charge in [0.1, 0.15) is 0 Å². The summed E-state index contributed by atoms with van der Waals surface area (Å²) in [6.45, 7) is 2.17. The quantitative estimate of drug-likeness (QED) is 0.439. The summed E-state index contributed by atoms with van der Waals surface area (Å²) in [4.78, 5) is 1.37. The molecular weight excluding hydrogens is 316 g/mol. The molecule has 1 aliphatic rings. The van der Waals surface area contributed by atoms with Gasteiger partial charge in [-0.15, -0.1) is 22.9 Å². The predicted molar refractivity (Wildman–Crippen MR) is 81.2 cm³/mol. The van der Waals surface area contributed by atoms with Crippen molar-refractivity contribution in [3.8, 4) is 0 Å². The van der Waals surface area contributed by atoms with Gasteiger partial charge in [-0.1, -0.05) is 38.5 Å². The van der Waals surface area contributed by atoms with Gasteiger partial charge in [0.2, 0.25) is 0 Å². The first-order valence-electron chi connectivity index (χ1n) is 6.56. The molecule has 0 N–H and O–H groups in total. The molecule has 0 amide bonds. The molecule has 0 spiro atoms. The van der Waals surface area contributed by atoms with Crippen LogP contribution in [0.1, 0.15) is 60.8 Å². The van der Waals surface area contributed by atoms with Crippen LogP contribution in [0.3, 0.4) is 0 Å². The standard InChI is InChI=1S/C14H20BrClS/c1-10-12(9-14(15)17-10)13(16)8-11-6-4-2-3-5-7-11/h9,11,13H,2-8H2,1H3. The van der Waals surface area contributed by atoms with Crippen molar-refractivity contribution in [1.82, 2.24) is 0 Å². The number of thiophene rings is 1. The zero-order valence-electron chi connectivity index (χ0n) is 10.3. The number of hydrogen-bond donors (Lipinski definition) is 0. The molecule has 0 aromatic carbocycles. The normalized spacial score (nSPS) is 20.2. The number of rotatable bonds is 3. The van der Waals surface area contributed by atoms with E-state index in [2.05, 4.69) is 28.9 Å². The highest BCUT2D eigenvalue weighted by Gasteiger charge is 2.20. The van der Waals surface area contributed by atoms with Crippen LogP contribution in [0.4, 0.5) is 0 Å². The molecule has 1 unspecified atom stereocenters. The molecule has 0 aliphatic heterocycles. The molecule has 1 aromatic heterocycles. The lowest BCUT2D eigenvalue weighted by Gasteiger charge is -2.17. The van der Waals surface area contributed by atoms with E-state index in [1.165, 1.54) is 52.8 Å². The molecule has 1 atom stereocenters. The number of alkyl halides is 1. The highest BCUT2D eigenvalue weighted by molar-refractivity contribution is 9.11. The molecule has 0 nitrogen and oxygen atoms in total. The Morgan fingerprint density at radius 1 is 1.35 bits per heavy atom. The van der Waals surface area contributed by atoms with Crippen LogP contribution >= 0.6 is 38.9 Å². The fourth-order valence-electron chi connectivity index (χ4n) is 2.79. The lowest BCUT2D eigenvalue weighted by Crippen LogP contribution is -2.03. The van der Waals surface area contributed by atoms with E-state index in [4.69, 9.17) is 11.6 Å². The van der Waals surface area contributed by atoms with Crippen molar-refractivity contribution in [2.75, 3.05) is 0 Å². The lowest BCUT2D eigenvalue weighted by molar-refractivity contribution is 0.423. The van der Waals surface area contributed by atoms with E-state index in [-0.39, 0.29) is 5.38 Å². The average Bonchev–Trinajstić information content (AvgIpc) is 2.51. The highest BCUT2D eigenvalue weighted by Crippen LogP contribution is 2.39. The summed E-state index contributed by atoms with van der Waals surface area (Å²) in [5.74, 6) is 0.845. The van der Waals surface area contributed by atoms with Gasteiger partial charge in [0.25, 0.3) is 0 Å². The first kappa shape index (κ1) is 13.9. The molecular formula is C14H20BrClS. The third-order valence-electron chi connectivity index (χ3n) is 3.78. The molecule has 1 saturated carbocycles. The third-order valence-corrected chi connectivity index (χ3v) is 5.76. The SMILES string of the molecule is Cc1sc(Br)cc1C(Cl)CC1CCCCCC1. The number of hydrogen-bond acceptors (Lipinski definition) is 1. The molecule has 0 saturated heterocycles. The Morgan fingerprint density at radius 3 is 2.53 bits per heavy atom. The Bertz CT molecular complexity index is 353. The van der Waals surface area contributed by atoms with Gasteiger partial charge in [0, 0.05) is 4.88 Å². The Labute approximate surface area is 122 Å². The van der Waals surface area contributed by atoms with Crippen LogP contribution in [0.25, 0.3) is 0 Å². The maximum absolute atomic E-state index is 6.60. The second-order valence-corrected chi connectivity index (χ2v) is 8.29. The Hall–Kier alpha value is 0.470. The van der Waals surface area contributed by atoms with Crippen molar-refractivity contribution in [1.29, 1.82) is 0 Å². The van der Waals surface area contributed by atoms with Crippen molar-refractivity contribution in [2.45, 2.75) is 57.2 Å². The van der Waals surface area contributed by atoms with Crippen LogP contribution in [0.15, 0.2) is 9.85 Å². The topological polar surface area (TPSA) is 0 Å². The van der Waals surface area contributed by atoms with Crippen LogP contribution in [0.5, 0.6) is 0 Å². The van der Waals surface area contributed by atoms with Gasteiger partial charge in [-0.3, -0.25) is 0 Å². The van der Waals surface area contributed by atoms with Gasteiger partial charge >= 0.3 is 0 Å². The van der Waals surface area contributed by atoms with Crippen LogP contribution in [0, 0.1) is 12.8 Å². The Balaban J connectivity index is 1.95. The fourth-order valence-corrected chi connectivity index (χ4v) is 5.10. The summed E-state index contributed by atoms with van der Waals surface area (Å²) >= 11 is 11.9. The third kappa shape index (κ3) is 3.97.